The summed E-state index contributed by atoms with van der Waals surface area (Å²) in [6.07, 6.45) is 1.91. The minimum atomic E-state index is -0.614. The third kappa shape index (κ3) is 5.36. The van der Waals surface area contributed by atoms with Gasteiger partial charge in [0, 0.05) is 68.6 Å². The van der Waals surface area contributed by atoms with E-state index in [1.807, 2.05) is 4.90 Å². The van der Waals surface area contributed by atoms with Crippen molar-refractivity contribution in [2.75, 3.05) is 37.7 Å². The molecular formula is C29H36F3N3O2. The SMILES string of the molecule is C[C@@H]1C[C@@H](N2CC(C(=O)N3C[C@@H](C)N(c4ccc(F)cc4)[C@@H](C)C3)[C@H](c3ccc(F)cc3F)C2)CCO1. The fraction of sp³-hybridized carbons (Fsp3) is 0.552. The Hall–Kier alpha value is -2.58. The number of hydrogen-bond donors (Lipinski definition) is 0. The van der Waals surface area contributed by atoms with Crippen LogP contribution >= 0.6 is 0 Å². The van der Waals surface area contributed by atoms with Crippen LogP contribution in [0.3, 0.4) is 0 Å². The number of anilines is 1. The van der Waals surface area contributed by atoms with Crippen LogP contribution in [0.1, 0.15) is 45.1 Å². The van der Waals surface area contributed by atoms with Crippen molar-refractivity contribution < 1.29 is 22.7 Å². The Morgan fingerprint density at radius 1 is 0.892 bits per heavy atom. The number of nitrogens with zero attached hydrogens (tertiary/aromatic N) is 3. The average molecular weight is 516 g/mol. The summed E-state index contributed by atoms with van der Waals surface area (Å²) in [4.78, 5) is 20.5. The monoisotopic (exact) mass is 515 g/mol. The van der Waals surface area contributed by atoms with Crippen molar-refractivity contribution in [2.24, 2.45) is 5.92 Å². The van der Waals surface area contributed by atoms with Gasteiger partial charge in [0.1, 0.15) is 17.5 Å². The molecule has 3 aliphatic heterocycles. The van der Waals surface area contributed by atoms with Crippen LogP contribution in [-0.4, -0.2) is 72.7 Å². The molecule has 0 saturated carbocycles. The number of likely N-dealkylation sites (tertiary alicyclic amines) is 1. The second-order valence-electron chi connectivity index (χ2n) is 11.0. The predicted molar refractivity (Wildman–Crippen MR) is 137 cm³/mol. The molecule has 3 saturated heterocycles. The lowest BCUT2D eigenvalue weighted by Gasteiger charge is -2.46. The fourth-order valence-corrected chi connectivity index (χ4v) is 6.67. The topological polar surface area (TPSA) is 36.0 Å². The highest BCUT2D eigenvalue weighted by Crippen LogP contribution is 2.39. The molecular weight excluding hydrogens is 479 g/mol. The van der Waals surface area contributed by atoms with E-state index in [1.54, 1.807) is 12.1 Å². The zero-order valence-corrected chi connectivity index (χ0v) is 21.7. The van der Waals surface area contributed by atoms with Crippen LogP contribution in [0, 0.1) is 23.4 Å². The van der Waals surface area contributed by atoms with E-state index in [-0.39, 0.29) is 41.9 Å². The summed E-state index contributed by atoms with van der Waals surface area (Å²) < 4.78 is 47.9. The quantitative estimate of drug-likeness (QED) is 0.586. The zero-order valence-electron chi connectivity index (χ0n) is 21.7. The van der Waals surface area contributed by atoms with Crippen molar-refractivity contribution >= 4 is 11.6 Å². The van der Waals surface area contributed by atoms with Gasteiger partial charge in [-0.15, -0.1) is 0 Å². The van der Waals surface area contributed by atoms with Crippen LogP contribution in [0.4, 0.5) is 18.9 Å². The molecule has 0 bridgehead atoms. The number of carbonyl (C=O) groups is 1. The van der Waals surface area contributed by atoms with Gasteiger partial charge in [0.2, 0.25) is 5.91 Å². The Balaban J connectivity index is 1.37. The van der Waals surface area contributed by atoms with Crippen molar-refractivity contribution in [1.82, 2.24) is 9.80 Å². The van der Waals surface area contributed by atoms with E-state index in [0.717, 1.165) is 24.6 Å². The molecule has 37 heavy (non-hydrogen) atoms. The lowest BCUT2D eigenvalue weighted by atomic mass is 9.87. The van der Waals surface area contributed by atoms with Crippen molar-refractivity contribution in [2.45, 2.75) is 63.8 Å². The maximum absolute atomic E-state index is 15.0. The number of benzene rings is 2. The molecule has 0 radical (unpaired) electrons. The molecule has 3 fully saturated rings. The van der Waals surface area contributed by atoms with Gasteiger partial charge in [-0.3, -0.25) is 9.69 Å². The Morgan fingerprint density at radius 3 is 2.22 bits per heavy atom. The normalized spacial score (nSPS) is 31.1. The highest BCUT2D eigenvalue weighted by atomic mass is 19.1. The summed E-state index contributed by atoms with van der Waals surface area (Å²) >= 11 is 0. The van der Waals surface area contributed by atoms with Crippen LogP contribution in [0.2, 0.25) is 0 Å². The first-order chi connectivity index (χ1) is 17.7. The zero-order chi connectivity index (χ0) is 26.3. The first kappa shape index (κ1) is 26.0. The van der Waals surface area contributed by atoms with Gasteiger partial charge in [0.25, 0.3) is 0 Å². The molecule has 1 amide bonds. The number of carbonyl (C=O) groups excluding carboxylic acids is 1. The molecule has 8 heteroatoms. The number of ether oxygens (including phenoxy) is 1. The molecule has 0 spiro atoms. The third-order valence-electron chi connectivity index (χ3n) is 8.36. The largest absolute Gasteiger partial charge is 0.378 e. The van der Waals surface area contributed by atoms with Gasteiger partial charge in [0.15, 0.2) is 0 Å². The molecule has 0 N–H and O–H groups in total. The van der Waals surface area contributed by atoms with Gasteiger partial charge in [-0.25, -0.2) is 13.2 Å². The number of halogens is 3. The van der Waals surface area contributed by atoms with E-state index < -0.39 is 17.6 Å². The van der Waals surface area contributed by atoms with Gasteiger partial charge in [-0.05, 0) is 69.5 Å². The lowest BCUT2D eigenvalue weighted by molar-refractivity contribution is -0.137. The van der Waals surface area contributed by atoms with Crippen LogP contribution in [0.15, 0.2) is 42.5 Å². The first-order valence-electron chi connectivity index (χ1n) is 13.3. The predicted octanol–water partition coefficient (Wildman–Crippen LogP) is 4.81. The van der Waals surface area contributed by atoms with Gasteiger partial charge in [0.05, 0.1) is 12.0 Å². The summed E-state index contributed by atoms with van der Waals surface area (Å²) in [5.74, 6) is -2.21. The number of piperazine rings is 1. The van der Waals surface area contributed by atoms with E-state index in [0.29, 0.717) is 38.3 Å². The summed E-state index contributed by atoms with van der Waals surface area (Å²) in [6, 6.07) is 10.5. The van der Waals surface area contributed by atoms with E-state index in [1.165, 1.54) is 24.3 Å². The fourth-order valence-electron chi connectivity index (χ4n) is 6.67. The Kier molecular flexibility index (Phi) is 7.50. The van der Waals surface area contributed by atoms with Crippen molar-refractivity contribution in [3.8, 4) is 0 Å². The molecule has 2 aromatic rings. The van der Waals surface area contributed by atoms with Crippen molar-refractivity contribution in [3.05, 3.63) is 65.5 Å². The maximum atomic E-state index is 15.0. The average Bonchev–Trinajstić information content (AvgIpc) is 3.29. The Bertz CT molecular complexity index is 1100. The van der Waals surface area contributed by atoms with E-state index >= 15 is 0 Å². The second-order valence-corrected chi connectivity index (χ2v) is 11.0. The summed E-state index contributed by atoms with van der Waals surface area (Å²) in [5.41, 5.74) is 1.34. The highest BCUT2D eigenvalue weighted by Gasteiger charge is 2.45. The van der Waals surface area contributed by atoms with Gasteiger partial charge in [-0.2, -0.15) is 0 Å². The smallest absolute Gasteiger partial charge is 0.227 e. The first-order valence-corrected chi connectivity index (χ1v) is 13.3. The number of rotatable bonds is 4. The van der Waals surface area contributed by atoms with E-state index in [2.05, 4.69) is 30.6 Å². The van der Waals surface area contributed by atoms with Crippen LogP contribution in [0.25, 0.3) is 0 Å². The lowest BCUT2D eigenvalue weighted by Crippen LogP contribution is -2.59. The molecule has 2 aromatic carbocycles. The van der Waals surface area contributed by atoms with Gasteiger partial charge < -0.3 is 14.5 Å². The Labute approximate surface area is 217 Å². The van der Waals surface area contributed by atoms with Gasteiger partial charge >= 0.3 is 0 Å². The molecule has 0 aliphatic carbocycles. The minimum absolute atomic E-state index is 0.0220. The number of amides is 1. The van der Waals surface area contributed by atoms with Crippen molar-refractivity contribution in [3.63, 3.8) is 0 Å². The van der Waals surface area contributed by atoms with E-state index in [9.17, 15) is 18.0 Å². The number of hydrogen-bond acceptors (Lipinski definition) is 4. The molecule has 6 atom stereocenters. The second kappa shape index (κ2) is 10.7. The molecule has 0 aromatic heterocycles. The highest BCUT2D eigenvalue weighted by molar-refractivity contribution is 5.81. The summed E-state index contributed by atoms with van der Waals surface area (Å²) in [7, 11) is 0. The maximum Gasteiger partial charge on any atom is 0.227 e. The van der Waals surface area contributed by atoms with Crippen LogP contribution in [-0.2, 0) is 9.53 Å². The third-order valence-corrected chi connectivity index (χ3v) is 8.36. The Morgan fingerprint density at radius 2 is 1.57 bits per heavy atom. The summed E-state index contributed by atoms with van der Waals surface area (Å²) in [5, 5.41) is 0. The van der Waals surface area contributed by atoms with Crippen LogP contribution in [0.5, 0.6) is 0 Å². The van der Waals surface area contributed by atoms with Crippen LogP contribution < -0.4 is 4.90 Å². The van der Waals surface area contributed by atoms with E-state index in [4.69, 9.17) is 4.74 Å². The molecule has 3 aliphatic rings. The van der Waals surface area contributed by atoms with Crippen molar-refractivity contribution in [1.29, 1.82) is 0 Å². The molecule has 5 rings (SSSR count). The van der Waals surface area contributed by atoms with Gasteiger partial charge in [-0.1, -0.05) is 6.07 Å². The molecule has 3 heterocycles. The molecule has 5 nitrogen and oxygen atoms in total. The molecule has 200 valence electrons. The summed E-state index contributed by atoms with van der Waals surface area (Å²) in [6.45, 7) is 9.06. The minimum Gasteiger partial charge on any atom is -0.378 e. The standard InChI is InChI=1S/C29H36F3N3O2/c1-18-14-34(15-19(2)35(18)23-7-4-21(30)5-8-23)29(36)27-17-33(24-10-11-37-20(3)12-24)16-26(27)25-9-6-22(31)13-28(25)32/h4-9,13,18-20,24,26-27H,10-12,14-17H2,1-3H3/t18-,19+,20-,24+,26+,27?/m1/s1. The molecule has 1 unspecified atom stereocenters.